The minimum Gasteiger partial charge on any atom is -0.478 e. The number of aliphatic carboxylic acids is 1. The molecule has 124 valence electrons. The summed E-state index contributed by atoms with van der Waals surface area (Å²) in [6.07, 6.45) is -7.08. The Bertz CT molecular complexity index is 615. The van der Waals surface area contributed by atoms with Crippen LogP contribution in [0.4, 0.5) is 13.2 Å². The first-order chi connectivity index (χ1) is 9.96. The van der Waals surface area contributed by atoms with Crippen LogP contribution in [0.3, 0.4) is 0 Å². The predicted octanol–water partition coefficient (Wildman–Crippen LogP) is 2.51. The molecule has 0 aliphatic carbocycles. The van der Waals surface area contributed by atoms with Gasteiger partial charge in [0, 0.05) is 5.41 Å². The largest absolute Gasteiger partial charge is 0.478 e. The third-order valence-corrected chi connectivity index (χ3v) is 2.96. The number of carboxylic acid groups (broad SMARTS) is 1. The monoisotopic (exact) mass is 342 g/mol. The summed E-state index contributed by atoms with van der Waals surface area (Å²) in [5.74, 6) is -1.74. The number of carboxylic acids is 1. The van der Waals surface area contributed by atoms with Crippen LogP contribution in [-0.4, -0.2) is 33.4 Å². The second-order valence-electron chi connectivity index (χ2n) is 5.48. The standard InChI is InChI=1S/C12H14ClF3N2O4/c1-12(2,3)7(11(20)21)22-5-4-17-18(9(16)8(14)15)10(19)6(5)13/h4,7-9H,1-3H3,(H,20,21). The maximum Gasteiger partial charge on any atom is 0.345 e. The van der Waals surface area contributed by atoms with Crippen LogP contribution < -0.4 is 10.3 Å². The average Bonchev–Trinajstić information content (AvgIpc) is 2.37. The van der Waals surface area contributed by atoms with Crippen molar-refractivity contribution in [3.63, 3.8) is 0 Å². The second-order valence-corrected chi connectivity index (χ2v) is 5.86. The normalized spacial score (nSPS) is 14.7. The van der Waals surface area contributed by atoms with Crippen LogP contribution in [-0.2, 0) is 4.79 Å². The molecule has 0 spiro atoms. The third kappa shape index (κ3) is 3.90. The molecule has 1 heterocycles. The molecular weight excluding hydrogens is 329 g/mol. The van der Waals surface area contributed by atoms with Gasteiger partial charge in [-0.1, -0.05) is 32.4 Å². The van der Waals surface area contributed by atoms with Gasteiger partial charge >= 0.3 is 5.97 Å². The van der Waals surface area contributed by atoms with Crippen molar-refractivity contribution >= 4 is 17.6 Å². The van der Waals surface area contributed by atoms with Gasteiger partial charge in [0.25, 0.3) is 18.3 Å². The van der Waals surface area contributed by atoms with Crippen molar-refractivity contribution in [2.75, 3.05) is 0 Å². The molecule has 2 atom stereocenters. The van der Waals surface area contributed by atoms with E-state index in [1.807, 2.05) is 0 Å². The number of aromatic nitrogens is 2. The lowest BCUT2D eigenvalue weighted by Gasteiger charge is -2.27. The van der Waals surface area contributed by atoms with E-state index in [0.717, 1.165) is 6.20 Å². The van der Waals surface area contributed by atoms with Gasteiger partial charge in [-0.15, -0.1) is 0 Å². The van der Waals surface area contributed by atoms with E-state index in [1.54, 1.807) is 20.8 Å². The molecule has 0 bridgehead atoms. The molecule has 0 aliphatic rings. The molecule has 0 fully saturated rings. The maximum atomic E-state index is 13.2. The number of nitrogens with zero attached hydrogens (tertiary/aromatic N) is 2. The van der Waals surface area contributed by atoms with Gasteiger partial charge in [-0.3, -0.25) is 4.79 Å². The number of halogens is 4. The van der Waals surface area contributed by atoms with E-state index < -0.39 is 46.5 Å². The Kier molecular flexibility index (Phi) is 5.44. The van der Waals surface area contributed by atoms with Gasteiger partial charge in [-0.25, -0.2) is 18.0 Å². The molecule has 0 amide bonds. The topological polar surface area (TPSA) is 81.4 Å². The number of hydrogen-bond acceptors (Lipinski definition) is 4. The van der Waals surface area contributed by atoms with Crippen LogP contribution in [0.2, 0.25) is 5.02 Å². The molecule has 1 N–H and O–H groups in total. The molecule has 2 unspecified atom stereocenters. The lowest BCUT2D eigenvalue weighted by molar-refractivity contribution is -0.150. The summed E-state index contributed by atoms with van der Waals surface area (Å²) >= 11 is 5.64. The van der Waals surface area contributed by atoms with Crippen molar-refractivity contribution < 1.29 is 27.8 Å². The number of hydrogen-bond donors (Lipinski definition) is 1. The summed E-state index contributed by atoms with van der Waals surface area (Å²) < 4.78 is 42.7. The minimum atomic E-state index is -3.46. The zero-order valence-electron chi connectivity index (χ0n) is 11.9. The van der Waals surface area contributed by atoms with Gasteiger partial charge in [0.15, 0.2) is 10.8 Å². The fourth-order valence-electron chi connectivity index (χ4n) is 1.52. The fraction of sp³-hybridized carbons (Fsp3) is 0.583. The number of carbonyl (C=O) groups is 1. The first-order valence-corrected chi connectivity index (χ1v) is 6.43. The molecule has 6 nitrogen and oxygen atoms in total. The van der Waals surface area contributed by atoms with E-state index >= 15 is 0 Å². The number of alkyl halides is 3. The van der Waals surface area contributed by atoms with Crippen molar-refractivity contribution in [1.29, 1.82) is 0 Å². The van der Waals surface area contributed by atoms with Crippen LogP contribution >= 0.6 is 11.6 Å². The predicted molar refractivity (Wildman–Crippen MR) is 71.2 cm³/mol. The quantitative estimate of drug-likeness (QED) is 0.889. The highest BCUT2D eigenvalue weighted by Gasteiger charge is 2.35. The average molecular weight is 343 g/mol. The van der Waals surface area contributed by atoms with E-state index in [-0.39, 0.29) is 4.68 Å². The molecular formula is C12H14ClF3N2O4. The minimum absolute atomic E-state index is 0.132. The van der Waals surface area contributed by atoms with Gasteiger partial charge < -0.3 is 9.84 Å². The molecule has 0 aliphatic heterocycles. The maximum absolute atomic E-state index is 13.2. The van der Waals surface area contributed by atoms with Crippen LogP contribution in [0.25, 0.3) is 0 Å². The van der Waals surface area contributed by atoms with Crippen LogP contribution in [0.1, 0.15) is 27.1 Å². The van der Waals surface area contributed by atoms with Crippen LogP contribution in [0.5, 0.6) is 5.75 Å². The van der Waals surface area contributed by atoms with Crippen molar-refractivity contribution in [3.8, 4) is 5.75 Å². The first-order valence-electron chi connectivity index (χ1n) is 6.05. The molecule has 10 heteroatoms. The van der Waals surface area contributed by atoms with E-state index in [1.165, 1.54) is 0 Å². The summed E-state index contributed by atoms with van der Waals surface area (Å²) in [6.45, 7) is 4.72. The van der Waals surface area contributed by atoms with E-state index in [2.05, 4.69) is 5.10 Å². The molecule has 22 heavy (non-hydrogen) atoms. The molecule has 0 saturated heterocycles. The highest BCUT2D eigenvalue weighted by atomic mass is 35.5. The molecule has 0 aromatic carbocycles. The third-order valence-electron chi connectivity index (χ3n) is 2.61. The summed E-state index contributed by atoms with van der Waals surface area (Å²) in [7, 11) is 0. The molecule has 0 saturated carbocycles. The van der Waals surface area contributed by atoms with Crippen LogP contribution in [0.15, 0.2) is 11.0 Å². The SMILES string of the molecule is CC(C)(C)C(Oc1cnn(C(F)C(F)F)c(=O)c1Cl)C(=O)O. The lowest BCUT2D eigenvalue weighted by atomic mass is 9.89. The van der Waals surface area contributed by atoms with Gasteiger partial charge in [0.2, 0.25) is 6.10 Å². The Morgan fingerprint density at radius 3 is 2.36 bits per heavy atom. The zero-order valence-corrected chi connectivity index (χ0v) is 12.6. The summed E-state index contributed by atoms with van der Waals surface area (Å²) in [6, 6.07) is 0. The second kappa shape index (κ2) is 6.55. The number of ether oxygens (including phenoxy) is 1. The first kappa shape index (κ1) is 18.3. The van der Waals surface area contributed by atoms with Gasteiger partial charge in [-0.2, -0.15) is 9.78 Å². The van der Waals surface area contributed by atoms with Crippen molar-refractivity contribution in [3.05, 3.63) is 21.6 Å². The molecule has 0 radical (unpaired) electrons. The molecule has 1 aromatic rings. The van der Waals surface area contributed by atoms with Crippen molar-refractivity contribution in [1.82, 2.24) is 9.78 Å². The molecule has 1 aromatic heterocycles. The van der Waals surface area contributed by atoms with Crippen molar-refractivity contribution in [2.24, 2.45) is 5.41 Å². The Balaban J connectivity index is 3.21. The van der Waals surface area contributed by atoms with E-state index in [9.17, 15) is 22.8 Å². The van der Waals surface area contributed by atoms with Gasteiger partial charge in [0.1, 0.15) is 0 Å². The Labute approximate surface area is 128 Å². The Hall–Kier alpha value is -1.77. The highest BCUT2D eigenvalue weighted by molar-refractivity contribution is 6.31. The Morgan fingerprint density at radius 1 is 1.41 bits per heavy atom. The van der Waals surface area contributed by atoms with E-state index in [0.29, 0.717) is 0 Å². The molecule has 1 rings (SSSR count). The summed E-state index contributed by atoms with van der Waals surface area (Å²) in [5.41, 5.74) is -2.19. The highest BCUT2D eigenvalue weighted by Crippen LogP contribution is 2.28. The smallest absolute Gasteiger partial charge is 0.345 e. The summed E-state index contributed by atoms with van der Waals surface area (Å²) in [5, 5.41) is 11.6. The van der Waals surface area contributed by atoms with Crippen molar-refractivity contribution in [2.45, 2.75) is 39.6 Å². The fourth-order valence-corrected chi connectivity index (χ4v) is 1.70. The van der Waals surface area contributed by atoms with Crippen LogP contribution in [0, 0.1) is 5.41 Å². The van der Waals surface area contributed by atoms with Gasteiger partial charge in [0.05, 0.1) is 6.20 Å². The van der Waals surface area contributed by atoms with Gasteiger partial charge in [-0.05, 0) is 0 Å². The van der Waals surface area contributed by atoms with E-state index in [4.69, 9.17) is 21.4 Å². The zero-order chi connectivity index (χ0) is 17.2. The number of rotatable bonds is 5. The Morgan fingerprint density at radius 2 is 1.95 bits per heavy atom. The lowest BCUT2D eigenvalue weighted by Crippen LogP contribution is -2.40. The summed E-state index contributed by atoms with van der Waals surface area (Å²) in [4.78, 5) is 22.9.